The van der Waals surface area contributed by atoms with Crippen LogP contribution in [0.3, 0.4) is 0 Å². The first-order chi connectivity index (χ1) is 8.63. The highest BCUT2D eigenvalue weighted by Crippen LogP contribution is 2.18. The molecule has 0 atom stereocenters. The molecule has 0 bridgehead atoms. The number of nitrogens with zero attached hydrogens (tertiary/aromatic N) is 4. The van der Waals surface area contributed by atoms with Crippen LogP contribution in [-0.2, 0) is 0 Å². The standard InChI is InChI=1S/C10H7ClN4O3/c11-7-2-1-3-12-9(7)15-8(10(16)17)4-6(14-15)5-13-18/h1-5,18H,(H,16,17). The van der Waals surface area contributed by atoms with Gasteiger partial charge in [0.15, 0.2) is 11.5 Å². The van der Waals surface area contributed by atoms with Crippen LogP contribution in [-0.4, -0.2) is 37.3 Å². The van der Waals surface area contributed by atoms with E-state index in [4.69, 9.17) is 21.9 Å². The summed E-state index contributed by atoms with van der Waals surface area (Å²) in [7, 11) is 0. The zero-order chi connectivity index (χ0) is 13.1. The number of carbonyl (C=O) groups is 1. The van der Waals surface area contributed by atoms with E-state index in [9.17, 15) is 4.79 Å². The Kier molecular flexibility index (Phi) is 3.24. The number of aromatic carboxylic acids is 1. The molecular weight excluding hydrogens is 260 g/mol. The molecule has 0 aliphatic rings. The molecule has 7 nitrogen and oxygen atoms in total. The van der Waals surface area contributed by atoms with Crippen molar-refractivity contribution >= 4 is 23.8 Å². The smallest absolute Gasteiger partial charge is 0.354 e. The Bertz CT molecular complexity index is 623. The van der Waals surface area contributed by atoms with Crippen LogP contribution in [0.1, 0.15) is 16.2 Å². The highest BCUT2D eigenvalue weighted by molar-refractivity contribution is 6.32. The van der Waals surface area contributed by atoms with Crippen molar-refractivity contribution < 1.29 is 15.1 Å². The fourth-order valence-corrected chi connectivity index (χ4v) is 1.57. The van der Waals surface area contributed by atoms with Gasteiger partial charge in [0.1, 0.15) is 5.69 Å². The summed E-state index contributed by atoms with van der Waals surface area (Å²) in [5.74, 6) is -1.00. The van der Waals surface area contributed by atoms with Crippen LogP contribution in [0, 0.1) is 0 Å². The topological polar surface area (TPSA) is 101 Å². The molecule has 2 aromatic heterocycles. The number of rotatable bonds is 3. The highest BCUT2D eigenvalue weighted by atomic mass is 35.5. The molecule has 2 rings (SSSR count). The van der Waals surface area contributed by atoms with Gasteiger partial charge in [-0.25, -0.2) is 14.5 Å². The predicted molar refractivity (Wildman–Crippen MR) is 62.7 cm³/mol. The lowest BCUT2D eigenvalue weighted by Gasteiger charge is -2.04. The lowest BCUT2D eigenvalue weighted by atomic mass is 10.3. The molecule has 2 aromatic rings. The molecule has 0 aromatic carbocycles. The Hall–Kier alpha value is -2.41. The van der Waals surface area contributed by atoms with Gasteiger partial charge in [0.25, 0.3) is 0 Å². The number of carboxylic acids is 1. The molecule has 0 aliphatic carbocycles. The molecule has 0 aliphatic heterocycles. The maximum Gasteiger partial charge on any atom is 0.354 e. The average molecular weight is 267 g/mol. The minimum Gasteiger partial charge on any atom is -0.477 e. The quantitative estimate of drug-likeness (QED) is 0.497. The number of aromatic nitrogens is 3. The zero-order valence-corrected chi connectivity index (χ0v) is 9.61. The van der Waals surface area contributed by atoms with E-state index in [1.165, 1.54) is 12.3 Å². The minimum atomic E-state index is -1.19. The molecule has 0 saturated carbocycles. The molecule has 0 fully saturated rings. The second kappa shape index (κ2) is 4.84. The SMILES string of the molecule is O=C(O)c1cc(C=NO)nn1-c1ncccc1Cl. The normalized spacial score (nSPS) is 10.9. The molecule has 0 radical (unpaired) electrons. The van der Waals surface area contributed by atoms with Crippen LogP contribution in [0.15, 0.2) is 29.6 Å². The van der Waals surface area contributed by atoms with Crippen molar-refractivity contribution in [2.75, 3.05) is 0 Å². The van der Waals surface area contributed by atoms with E-state index in [0.29, 0.717) is 0 Å². The van der Waals surface area contributed by atoms with Crippen molar-refractivity contribution in [3.05, 3.63) is 40.8 Å². The molecule has 0 unspecified atom stereocenters. The molecule has 0 saturated heterocycles. The van der Waals surface area contributed by atoms with Crippen molar-refractivity contribution in [2.45, 2.75) is 0 Å². The lowest BCUT2D eigenvalue weighted by molar-refractivity contribution is 0.0687. The fourth-order valence-electron chi connectivity index (χ4n) is 1.37. The van der Waals surface area contributed by atoms with Gasteiger partial charge in [0.05, 0.1) is 11.2 Å². The summed E-state index contributed by atoms with van der Waals surface area (Å²) in [4.78, 5) is 15.0. The summed E-state index contributed by atoms with van der Waals surface area (Å²) in [6.45, 7) is 0. The van der Waals surface area contributed by atoms with Gasteiger partial charge in [0.2, 0.25) is 0 Å². The Morgan fingerprint density at radius 2 is 2.33 bits per heavy atom. The third kappa shape index (κ3) is 2.16. The van der Waals surface area contributed by atoms with Gasteiger partial charge in [-0.1, -0.05) is 16.8 Å². The van der Waals surface area contributed by atoms with Gasteiger partial charge in [0, 0.05) is 12.3 Å². The van der Waals surface area contributed by atoms with E-state index in [2.05, 4.69) is 15.2 Å². The predicted octanol–water partition coefficient (Wildman–Crippen LogP) is 1.43. The molecule has 0 amide bonds. The van der Waals surface area contributed by atoms with Crippen LogP contribution in [0.2, 0.25) is 5.02 Å². The maximum absolute atomic E-state index is 11.1. The molecule has 8 heteroatoms. The lowest BCUT2D eigenvalue weighted by Crippen LogP contribution is -2.09. The summed E-state index contributed by atoms with van der Waals surface area (Å²) >= 11 is 5.92. The van der Waals surface area contributed by atoms with Crippen LogP contribution < -0.4 is 0 Å². The van der Waals surface area contributed by atoms with Crippen molar-refractivity contribution in [2.24, 2.45) is 5.16 Å². The maximum atomic E-state index is 11.1. The van der Waals surface area contributed by atoms with E-state index in [-0.39, 0.29) is 22.2 Å². The number of pyridine rings is 1. The van der Waals surface area contributed by atoms with Gasteiger partial charge in [-0.05, 0) is 12.1 Å². The van der Waals surface area contributed by atoms with Gasteiger partial charge < -0.3 is 10.3 Å². The monoisotopic (exact) mass is 266 g/mol. The second-order valence-corrected chi connectivity index (χ2v) is 3.63. The number of halogens is 1. The van der Waals surface area contributed by atoms with Crippen molar-refractivity contribution in [3.63, 3.8) is 0 Å². The van der Waals surface area contributed by atoms with Crippen molar-refractivity contribution in [3.8, 4) is 5.82 Å². The van der Waals surface area contributed by atoms with Crippen molar-refractivity contribution in [1.29, 1.82) is 0 Å². The van der Waals surface area contributed by atoms with Gasteiger partial charge in [-0.2, -0.15) is 5.10 Å². The summed E-state index contributed by atoms with van der Waals surface area (Å²) in [5.41, 5.74) is 0.0436. The van der Waals surface area contributed by atoms with Crippen molar-refractivity contribution in [1.82, 2.24) is 14.8 Å². The van der Waals surface area contributed by atoms with Gasteiger partial charge >= 0.3 is 5.97 Å². The average Bonchev–Trinajstić information content (AvgIpc) is 2.74. The minimum absolute atomic E-state index is 0.134. The van der Waals surface area contributed by atoms with E-state index >= 15 is 0 Å². The largest absolute Gasteiger partial charge is 0.477 e. The Morgan fingerprint density at radius 1 is 1.56 bits per heavy atom. The summed E-state index contributed by atoms with van der Waals surface area (Å²) in [6, 6.07) is 4.43. The molecule has 2 heterocycles. The molecule has 18 heavy (non-hydrogen) atoms. The number of hydrogen-bond acceptors (Lipinski definition) is 5. The van der Waals surface area contributed by atoms with Crippen LogP contribution >= 0.6 is 11.6 Å². The van der Waals surface area contributed by atoms with Crippen LogP contribution in [0.4, 0.5) is 0 Å². The summed E-state index contributed by atoms with van der Waals surface area (Å²) < 4.78 is 1.07. The Balaban J connectivity index is 2.63. The van der Waals surface area contributed by atoms with Gasteiger partial charge in [-0.3, -0.25) is 0 Å². The summed E-state index contributed by atoms with van der Waals surface area (Å²) in [5, 5.41) is 24.5. The number of carboxylic acid groups (broad SMARTS) is 1. The van der Waals surface area contributed by atoms with Gasteiger partial charge in [-0.15, -0.1) is 0 Å². The third-order valence-corrected chi connectivity index (χ3v) is 2.37. The van der Waals surface area contributed by atoms with E-state index in [0.717, 1.165) is 10.9 Å². The van der Waals surface area contributed by atoms with Crippen LogP contribution in [0.5, 0.6) is 0 Å². The molecule has 92 valence electrons. The number of oxime groups is 1. The zero-order valence-electron chi connectivity index (χ0n) is 8.86. The molecular formula is C10H7ClN4O3. The fraction of sp³-hybridized carbons (Fsp3) is 0. The molecule has 2 N–H and O–H groups in total. The summed E-state index contributed by atoms with van der Waals surface area (Å²) in [6.07, 6.45) is 2.48. The van der Waals surface area contributed by atoms with E-state index < -0.39 is 5.97 Å². The Labute approximate surface area is 106 Å². The molecule has 0 spiro atoms. The van der Waals surface area contributed by atoms with E-state index in [1.807, 2.05) is 0 Å². The first-order valence-electron chi connectivity index (χ1n) is 4.75. The second-order valence-electron chi connectivity index (χ2n) is 3.22. The third-order valence-electron chi connectivity index (χ3n) is 2.08. The first-order valence-corrected chi connectivity index (χ1v) is 5.13. The Morgan fingerprint density at radius 3 is 2.94 bits per heavy atom. The first kappa shape index (κ1) is 12.1. The number of hydrogen-bond donors (Lipinski definition) is 2. The highest BCUT2D eigenvalue weighted by Gasteiger charge is 2.17. The van der Waals surface area contributed by atoms with Crippen LogP contribution in [0.25, 0.3) is 5.82 Å². The van der Waals surface area contributed by atoms with E-state index in [1.54, 1.807) is 12.1 Å².